The Hall–Kier alpha value is -2.29. The molecule has 102 valence electrons. The predicted octanol–water partition coefficient (Wildman–Crippen LogP) is 2.93. The van der Waals surface area contributed by atoms with Crippen molar-refractivity contribution >= 4 is 16.7 Å². The second kappa shape index (κ2) is 5.00. The lowest BCUT2D eigenvalue weighted by Crippen LogP contribution is -2.29. The van der Waals surface area contributed by atoms with E-state index in [0.29, 0.717) is 0 Å². The molecule has 1 heterocycles. The molecule has 0 amide bonds. The summed E-state index contributed by atoms with van der Waals surface area (Å²) in [6.07, 6.45) is 0. The van der Waals surface area contributed by atoms with Crippen LogP contribution < -0.4 is 15.7 Å². The van der Waals surface area contributed by atoms with Crippen LogP contribution in [0.5, 0.6) is 0 Å². The van der Waals surface area contributed by atoms with Crippen molar-refractivity contribution < 1.29 is 4.42 Å². The van der Waals surface area contributed by atoms with Crippen LogP contribution in [0.1, 0.15) is 13.8 Å². The summed E-state index contributed by atoms with van der Waals surface area (Å²) in [7, 11) is 0. The molecule has 1 aromatic carbocycles. The third-order valence-electron chi connectivity index (χ3n) is 3.69. The van der Waals surface area contributed by atoms with Crippen LogP contribution in [0, 0.1) is 0 Å². The first kappa shape index (κ1) is 12.7. The number of rotatable bonds is 2. The fourth-order valence-electron chi connectivity index (χ4n) is 2.56. The third-order valence-corrected chi connectivity index (χ3v) is 3.69. The summed E-state index contributed by atoms with van der Waals surface area (Å²) in [4.78, 5) is 0. The highest BCUT2D eigenvalue weighted by atomic mass is 16.3. The van der Waals surface area contributed by atoms with Crippen LogP contribution in [-0.2, 0) is 0 Å². The predicted molar refractivity (Wildman–Crippen MR) is 83.6 cm³/mol. The van der Waals surface area contributed by atoms with Crippen LogP contribution in [-0.4, -0.2) is 13.1 Å². The Morgan fingerprint density at radius 2 is 1.80 bits per heavy atom. The minimum atomic E-state index is 0.723. The van der Waals surface area contributed by atoms with Gasteiger partial charge in [0.2, 0.25) is 5.36 Å². The SMILES string of the molecule is CC[N+](CC)=c1ccc2cc3ccc(N)cc3oc-2c1. The number of anilines is 1. The maximum Gasteiger partial charge on any atom is 0.203 e. The zero-order chi connectivity index (χ0) is 14.1. The van der Waals surface area contributed by atoms with E-state index in [2.05, 4.69) is 42.7 Å². The minimum absolute atomic E-state index is 0.723. The number of nitrogens with two attached hydrogens (primary N) is 1. The van der Waals surface area contributed by atoms with Crippen molar-refractivity contribution in [2.24, 2.45) is 0 Å². The molecule has 0 aromatic heterocycles. The standard InChI is InChI=1S/C17H18N2O/c1-3-19(4-2)15-8-6-13-9-12-5-7-14(18)10-16(12)20-17(13)11-15/h5-11,18H,3-4H2,1-2H3/p+1. The molecule has 2 aliphatic rings. The molecule has 0 unspecified atom stereocenters. The summed E-state index contributed by atoms with van der Waals surface area (Å²) in [5.41, 5.74) is 8.48. The van der Waals surface area contributed by atoms with Crippen molar-refractivity contribution in [2.75, 3.05) is 18.8 Å². The van der Waals surface area contributed by atoms with Crippen molar-refractivity contribution in [3.8, 4) is 11.3 Å². The smallest absolute Gasteiger partial charge is 0.203 e. The number of nitrogen functional groups attached to an aromatic ring is 1. The molecule has 0 saturated heterocycles. The maximum absolute atomic E-state index is 6.00. The van der Waals surface area contributed by atoms with E-state index in [1.54, 1.807) is 0 Å². The first-order valence-electron chi connectivity index (χ1n) is 7.02. The highest BCUT2D eigenvalue weighted by Gasteiger charge is 2.09. The molecule has 0 atom stereocenters. The van der Waals surface area contributed by atoms with Gasteiger partial charge < -0.3 is 10.2 Å². The molecule has 3 heteroatoms. The van der Waals surface area contributed by atoms with Gasteiger partial charge in [-0.3, -0.25) is 0 Å². The third kappa shape index (κ3) is 2.16. The molecular weight excluding hydrogens is 248 g/mol. The largest absolute Gasteiger partial charge is 0.456 e. The van der Waals surface area contributed by atoms with Gasteiger partial charge in [0.05, 0.1) is 6.07 Å². The molecule has 3 nitrogen and oxygen atoms in total. The van der Waals surface area contributed by atoms with Crippen molar-refractivity contribution in [3.63, 3.8) is 0 Å². The molecule has 2 N–H and O–H groups in total. The molecule has 1 aromatic rings. The molecule has 0 fully saturated rings. The molecular formula is C17H19N2O+. The lowest BCUT2D eigenvalue weighted by molar-refractivity contribution is 0.604. The number of nitrogens with zero attached hydrogens (tertiary/aromatic N) is 1. The Morgan fingerprint density at radius 3 is 2.55 bits per heavy atom. The van der Waals surface area contributed by atoms with E-state index in [0.717, 1.165) is 41.1 Å². The molecule has 0 spiro atoms. The van der Waals surface area contributed by atoms with Crippen LogP contribution in [0.4, 0.5) is 5.69 Å². The maximum atomic E-state index is 6.00. The lowest BCUT2D eigenvalue weighted by atomic mass is 10.1. The Balaban J connectivity index is 2.32. The van der Waals surface area contributed by atoms with Crippen LogP contribution in [0.25, 0.3) is 22.3 Å². The van der Waals surface area contributed by atoms with Crippen molar-refractivity contribution in [1.29, 1.82) is 0 Å². The van der Waals surface area contributed by atoms with E-state index in [4.69, 9.17) is 10.2 Å². The zero-order valence-corrected chi connectivity index (χ0v) is 11.9. The van der Waals surface area contributed by atoms with E-state index in [9.17, 15) is 0 Å². The monoisotopic (exact) mass is 267 g/mol. The summed E-state index contributed by atoms with van der Waals surface area (Å²) in [6.45, 7) is 6.29. The van der Waals surface area contributed by atoms with Gasteiger partial charge in [-0.1, -0.05) is 0 Å². The summed E-state index contributed by atoms with van der Waals surface area (Å²) in [6, 6.07) is 14.3. The van der Waals surface area contributed by atoms with Crippen molar-refractivity contribution in [3.05, 3.63) is 47.8 Å². The minimum Gasteiger partial charge on any atom is -0.456 e. The van der Waals surface area contributed by atoms with Gasteiger partial charge in [0, 0.05) is 28.8 Å². The number of hydrogen-bond acceptors (Lipinski definition) is 2. The molecule has 0 bridgehead atoms. The van der Waals surface area contributed by atoms with E-state index >= 15 is 0 Å². The van der Waals surface area contributed by atoms with Crippen LogP contribution in [0.3, 0.4) is 0 Å². The average molecular weight is 267 g/mol. The van der Waals surface area contributed by atoms with Crippen molar-refractivity contribution in [1.82, 2.24) is 4.58 Å². The highest BCUT2D eigenvalue weighted by Crippen LogP contribution is 2.27. The van der Waals surface area contributed by atoms with Gasteiger partial charge in [0.1, 0.15) is 24.4 Å². The molecule has 0 radical (unpaired) electrons. The normalized spacial score (nSPS) is 11.1. The quantitative estimate of drug-likeness (QED) is 0.440. The van der Waals surface area contributed by atoms with E-state index < -0.39 is 0 Å². The zero-order valence-electron chi connectivity index (χ0n) is 11.9. The molecule has 1 aliphatic carbocycles. The fraction of sp³-hybridized carbons (Fsp3) is 0.235. The van der Waals surface area contributed by atoms with Crippen molar-refractivity contribution in [2.45, 2.75) is 13.8 Å². The molecule has 0 saturated carbocycles. The number of benzene rings is 2. The lowest BCUT2D eigenvalue weighted by Gasteiger charge is -2.07. The number of hydrogen-bond donors (Lipinski definition) is 1. The van der Waals surface area contributed by atoms with Gasteiger partial charge in [-0.25, -0.2) is 4.58 Å². The van der Waals surface area contributed by atoms with Crippen LogP contribution >= 0.6 is 0 Å². The van der Waals surface area contributed by atoms with Gasteiger partial charge in [0.15, 0.2) is 0 Å². The summed E-state index contributed by atoms with van der Waals surface area (Å²) in [5, 5.41) is 2.26. The van der Waals surface area contributed by atoms with Gasteiger partial charge >= 0.3 is 0 Å². The Kier molecular flexibility index (Phi) is 3.18. The summed E-state index contributed by atoms with van der Waals surface area (Å²) < 4.78 is 8.30. The van der Waals surface area contributed by atoms with E-state index in [1.807, 2.05) is 18.2 Å². The summed E-state index contributed by atoms with van der Waals surface area (Å²) in [5.74, 6) is 0.896. The fourth-order valence-corrected chi connectivity index (χ4v) is 2.56. The number of fused-ring (bicyclic) bond motifs is 2. The highest BCUT2D eigenvalue weighted by molar-refractivity contribution is 5.84. The Morgan fingerprint density at radius 1 is 1.00 bits per heavy atom. The Labute approximate surface area is 118 Å². The first-order chi connectivity index (χ1) is 9.71. The second-order valence-corrected chi connectivity index (χ2v) is 4.94. The molecule has 1 aliphatic heterocycles. The van der Waals surface area contributed by atoms with Gasteiger partial charge in [-0.05, 0) is 38.1 Å². The van der Waals surface area contributed by atoms with Gasteiger partial charge in [-0.15, -0.1) is 0 Å². The molecule has 20 heavy (non-hydrogen) atoms. The summed E-state index contributed by atoms with van der Waals surface area (Å²) >= 11 is 0. The Bertz CT molecular complexity index is 796. The van der Waals surface area contributed by atoms with Crippen LogP contribution in [0.15, 0.2) is 46.9 Å². The average Bonchev–Trinajstić information content (AvgIpc) is 2.46. The van der Waals surface area contributed by atoms with Crippen LogP contribution in [0.2, 0.25) is 0 Å². The molecule has 3 rings (SSSR count). The second-order valence-electron chi connectivity index (χ2n) is 4.94. The van der Waals surface area contributed by atoms with E-state index in [-0.39, 0.29) is 0 Å². The first-order valence-corrected chi connectivity index (χ1v) is 7.02. The van der Waals surface area contributed by atoms with Gasteiger partial charge in [0.25, 0.3) is 0 Å². The van der Waals surface area contributed by atoms with Gasteiger partial charge in [-0.2, -0.15) is 0 Å². The van der Waals surface area contributed by atoms with E-state index in [1.165, 1.54) is 5.36 Å². The topological polar surface area (TPSA) is 42.2 Å².